The van der Waals surface area contributed by atoms with Gasteiger partial charge in [-0.15, -0.1) is 0 Å². The highest BCUT2D eigenvalue weighted by atomic mass is 16.3. The van der Waals surface area contributed by atoms with E-state index < -0.39 is 0 Å². The zero-order valence-electron chi connectivity index (χ0n) is 14.9. The molecule has 3 rings (SSSR count). The van der Waals surface area contributed by atoms with Crippen molar-refractivity contribution in [1.82, 2.24) is 15.1 Å². The molecule has 1 fully saturated rings. The number of likely N-dealkylation sites (tertiary alicyclic amines) is 1. The second-order valence-electron chi connectivity index (χ2n) is 6.70. The molecule has 2 aromatic rings. The molecule has 1 aliphatic heterocycles. The predicted molar refractivity (Wildman–Crippen MR) is 98.0 cm³/mol. The van der Waals surface area contributed by atoms with Gasteiger partial charge in [-0.25, -0.2) is 4.79 Å². The van der Waals surface area contributed by atoms with E-state index >= 15 is 0 Å². The number of nitrogens with one attached hydrogen (secondary N) is 1. The maximum atomic E-state index is 12.3. The lowest BCUT2D eigenvalue weighted by Gasteiger charge is -2.27. The Bertz CT molecular complexity index is 663. The number of nitrogens with zero attached hydrogens (tertiary/aromatic N) is 2. The normalized spacial score (nSPS) is 15.1. The molecular formula is C20H27N3O2. The summed E-state index contributed by atoms with van der Waals surface area (Å²) < 4.78 is 5.29. The zero-order valence-corrected chi connectivity index (χ0v) is 14.9. The predicted octanol–water partition coefficient (Wildman–Crippen LogP) is 3.61. The van der Waals surface area contributed by atoms with Crippen LogP contribution in [0, 0.1) is 0 Å². The molecule has 0 saturated carbocycles. The van der Waals surface area contributed by atoms with Crippen molar-refractivity contribution >= 4 is 6.03 Å². The van der Waals surface area contributed by atoms with Crippen LogP contribution in [0.1, 0.15) is 36.1 Å². The highest BCUT2D eigenvalue weighted by Gasteiger charge is 2.14. The molecule has 1 N–H and O–H groups in total. The summed E-state index contributed by atoms with van der Waals surface area (Å²) in [5.74, 6) is 0.781. The van der Waals surface area contributed by atoms with Gasteiger partial charge in [0.05, 0.1) is 12.8 Å². The molecule has 134 valence electrons. The number of carbonyl (C=O) groups excluding carboxylic acids is 1. The Kier molecular flexibility index (Phi) is 6.12. The van der Waals surface area contributed by atoms with Crippen molar-refractivity contribution in [2.24, 2.45) is 0 Å². The van der Waals surface area contributed by atoms with Crippen LogP contribution in [0.4, 0.5) is 4.79 Å². The van der Waals surface area contributed by atoms with E-state index in [1.807, 2.05) is 18.2 Å². The van der Waals surface area contributed by atoms with Gasteiger partial charge < -0.3 is 14.6 Å². The molecule has 5 heteroatoms. The van der Waals surface area contributed by atoms with E-state index in [0.717, 1.165) is 12.3 Å². The fourth-order valence-corrected chi connectivity index (χ4v) is 3.26. The minimum atomic E-state index is -0.0934. The van der Waals surface area contributed by atoms with Crippen molar-refractivity contribution in [3.63, 3.8) is 0 Å². The molecule has 2 heterocycles. The van der Waals surface area contributed by atoms with Gasteiger partial charge in [0.1, 0.15) is 5.76 Å². The third kappa shape index (κ3) is 5.10. The smallest absolute Gasteiger partial charge is 0.317 e. The zero-order chi connectivity index (χ0) is 17.5. The van der Waals surface area contributed by atoms with E-state index in [0.29, 0.717) is 13.1 Å². The molecule has 1 aliphatic rings. The summed E-state index contributed by atoms with van der Waals surface area (Å²) in [4.78, 5) is 16.4. The summed E-state index contributed by atoms with van der Waals surface area (Å²) in [6, 6.07) is 12.0. The maximum Gasteiger partial charge on any atom is 0.317 e. The number of hydrogen-bond acceptors (Lipinski definition) is 3. The number of amides is 2. The van der Waals surface area contributed by atoms with Gasteiger partial charge >= 0.3 is 6.03 Å². The van der Waals surface area contributed by atoms with E-state index in [1.165, 1.54) is 43.5 Å². The molecule has 0 radical (unpaired) electrons. The van der Waals surface area contributed by atoms with Gasteiger partial charge in [-0.3, -0.25) is 4.90 Å². The molecule has 1 aromatic heterocycles. The summed E-state index contributed by atoms with van der Waals surface area (Å²) in [6.45, 7) is 4.33. The Morgan fingerprint density at radius 1 is 1.12 bits per heavy atom. The number of carbonyl (C=O) groups is 1. The van der Waals surface area contributed by atoms with Crippen LogP contribution in [0.25, 0.3) is 0 Å². The van der Waals surface area contributed by atoms with Crippen molar-refractivity contribution in [2.45, 2.75) is 38.9 Å². The van der Waals surface area contributed by atoms with Crippen LogP contribution >= 0.6 is 0 Å². The third-order valence-corrected chi connectivity index (χ3v) is 4.71. The summed E-state index contributed by atoms with van der Waals surface area (Å²) in [5.41, 5.74) is 2.49. The minimum absolute atomic E-state index is 0.0934. The van der Waals surface area contributed by atoms with Crippen LogP contribution in [0.3, 0.4) is 0 Å². The first-order valence-electron chi connectivity index (χ1n) is 9.03. The minimum Gasteiger partial charge on any atom is -0.467 e. The van der Waals surface area contributed by atoms with Gasteiger partial charge in [-0.2, -0.15) is 0 Å². The SMILES string of the molecule is CN(Cc1ccco1)C(=O)NCc1ccccc1CN1CCCCC1. The fraction of sp³-hybridized carbons (Fsp3) is 0.450. The molecule has 1 saturated heterocycles. The van der Waals surface area contributed by atoms with E-state index in [-0.39, 0.29) is 6.03 Å². The quantitative estimate of drug-likeness (QED) is 0.873. The molecule has 0 atom stereocenters. The monoisotopic (exact) mass is 341 g/mol. The fourth-order valence-electron chi connectivity index (χ4n) is 3.26. The Balaban J connectivity index is 1.54. The average Bonchev–Trinajstić information content (AvgIpc) is 3.14. The van der Waals surface area contributed by atoms with Crippen molar-refractivity contribution in [3.05, 3.63) is 59.5 Å². The molecule has 0 unspecified atom stereocenters. The van der Waals surface area contributed by atoms with Crippen molar-refractivity contribution in [2.75, 3.05) is 20.1 Å². The summed E-state index contributed by atoms with van der Waals surface area (Å²) in [5, 5.41) is 3.02. The second kappa shape index (κ2) is 8.72. The first kappa shape index (κ1) is 17.5. The Hall–Kier alpha value is -2.27. The van der Waals surface area contributed by atoms with Gasteiger partial charge in [0.15, 0.2) is 0 Å². The van der Waals surface area contributed by atoms with E-state index in [1.54, 1.807) is 18.2 Å². The van der Waals surface area contributed by atoms with Gasteiger partial charge in [-0.05, 0) is 49.2 Å². The van der Waals surface area contributed by atoms with Crippen molar-refractivity contribution in [3.8, 4) is 0 Å². The second-order valence-corrected chi connectivity index (χ2v) is 6.70. The molecule has 0 spiro atoms. The largest absolute Gasteiger partial charge is 0.467 e. The molecule has 0 aliphatic carbocycles. The van der Waals surface area contributed by atoms with E-state index in [4.69, 9.17) is 4.42 Å². The van der Waals surface area contributed by atoms with Gasteiger partial charge in [0, 0.05) is 20.1 Å². The average molecular weight is 341 g/mol. The topological polar surface area (TPSA) is 48.7 Å². The maximum absolute atomic E-state index is 12.3. The summed E-state index contributed by atoms with van der Waals surface area (Å²) in [6.07, 6.45) is 5.54. The lowest BCUT2D eigenvalue weighted by Crippen LogP contribution is -2.36. The molecule has 1 aromatic carbocycles. The first-order chi connectivity index (χ1) is 12.2. The third-order valence-electron chi connectivity index (χ3n) is 4.71. The number of benzene rings is 1. The van der Waals surface area contributed by atoms with Crippen LogP contribution in [0.2, 0.25) is 0 Å². The number of rotatable bonds is 6. The van der Waals surface area contributed by atoms with Crippen LogP contribution < -0.4 is 5.32 Å². The van der Waals surface area contributed by atoms with Crippen LogP contribution in [0.15, 0.2) is 47.1 Å². The summed E-state index contributed by atoms with van der Waals surface area (Å²) in [7, 11) is 1.78. The Labute approximate surface area is 149 Å². The lowest BCUT2D eigenvalue weighted by molar-refractivity contribution is 0.202. The van der Waals surface area contributed by atoms with Gasteiger partial charge in [-0.1, -0.05) is 30.7 Å². The molecule has 5 nitrogen and oxygen atoms in total. The van der Waals surface area contributed by atoms with Gasteiger partial charge in [0.2, 0.25) is 0 Å². The molecular weight excluding hydrogens is 314 g/mol. The molecule has 25 heavy (non-hydrogen) atoms. The number of hydrogen-bond donors (Lipinski definition) is 1. The lowest BCUT2D eigenvalue weighted by atomic mass is 10.0. The van der Waals surface area contributed by atoms with E-state index in [2.05, 4.69) is 28.4 Å². The standard InChI is InChI=1S/C20H27N3O2/c1-22(16-19-10-7-13-25-19)20(24)21-14-17-8-3-4-9-18(17)15-23-11-5-2-6-12-23/h3-4,7-10,13H,2,5-6,11-12,14-16H2,1H3,(H,21,24). The van der Waals surface area contributed by atoms with Crippen LogP contribution in [-0.2, 0) is 19.6 Å². The number of piperidine rings is 1. The highest BCUT2D eigenvalue weighted by Crippen LogP contribution is 2.16. The first-order valence-corrected chi connectivity index (χ1v) is 9.03. The molecule has 0 bridgehead atoms. The highest BCUT2D eigenvalue weighted by molar-refractivity contribution is 5.73. The Morgan fingerprint density at radius 3 is 2.60 bits per heavy atom. The number of urea groups is 1. The van der Waals surface area contributed by atoms with E-state index in [9.17, 15) is 4.79 Å². The summed E-state index contributed by atoms with van der Waals surface area (Å²) >= 11 is 0. The van der Waals surface area contributed by atoms with Gasteiger partial charge in [0.25, 0.3) is 0 Å². The van der Waals surface area contributed by atoms with Crippen LogP contribution in [-0.4, -0.2) is 36.0 Å². The Morgan fingerprint density at radius 2 is 1.88 bits per heavy atom. The number of furan rings is 1. The van der Waals surface area contributed by atoms with Crippen molar-refractivity contribution in [1.29, 1.82) is 0 Å². The molecule has 2 amide bonds. The van der Waals surface area contributed by atoms with Crippen molar-refractivity contribution < 1.29 is 9.21 Å². The van der Waals surface area contributed by atoms with Crippen LogP contribution in [0.5, 0.6) is 0 Å².